The maximum Gasteiger partial charge on any atom is 0.173 e. The van der Waals surface area contributed by atoms with Crippen LogP contribution in [-0.4, -0.2) is 35.2 Å². The molecule has 1 aromatic rings. The molecule has 0 radical (unpaired) electrons. The minimum atomic E-state index is -0.406. The number of rotatable bonds is 0. The van der Waals surface area contributed by atoms with Crippen LogP contribution in [0.2, 0.25) is 0 Å². The predicted octanol–water partition coefficient (Wildman–Crippen LogP) is 2.06. The third-order valence-electron chi connectivity index (χ3n) is 5.31. The van der Waals surface area contributed by atoms with E-state index in [1.165, 1.54) is 0 Å². The smallest absolute Gasteiger partial charge is 0.173 e. The molecule has 2 fully saturated rings. The minimum Gasteiger partial charge on any atom is -0.371 e. The average molecular weight is 278 g/mol. The largest absolute Gasteiger partial charge is 0.371 e. The van der Waals surface area contributed by atoms with Crippen LogP contribution < -0.4 is 0 Å². The average Bonchev–Trinajstić information content (AvgIpc) is 3.05. The van der Waals surface area contributed by atoms with E-state index < -0.39 is 5.79 Å². The van der Waals surface area contributed by atoms with Gasteiger partial charge in [0.2, 0.25) is 0 Å². The Kier molecular flexibility index (Phi) is 2.60. The highest BCUT2D eigenvalue weighted by atomic mass is 16.7. The second kappa shape index (κ2) is 4.06. The van der Waals surface area contributed by atoms with Crippen molar-refractivity contribution in [3.05, 3.63) is 18.2 Å². The maximum atomic E-state index is 6.01. The van der Waals surface area contributed by atoms with E-state index in [2.05, 4.69) is 29.6 Å². The molecule has 2 aliphatic heterocycles. The summed E-state index contributed by atoms with van der Waals surface area (Å²) in [5.41, 5.74) is -0.0296. The lowest BCUT2D eigenvalue weighted by atomic mass is 9.64. The Labute approximate surface area is 119 Å². The fraction of sp³-hybridized carbons (Fsp3) is 0.800. The lowest BCUT2D eigenvalue weighted by molar-refractivity contribution is -0.265. The SMILES string of the molecule is CC1(C)CC2(CCC13OCCO3)COCc1nccn12. The molecule has 5 heteroatoms. The normalized spacial score (nSPS) is 34.5. The summed E-state index contributed by atoms with van der Waals surface area (Å²) >= 11 is 0. The number of hydrogen-bond acceptors (Lipinski definition) is 4. The summed E-state index contributed by atoms with van der Waals surface area (Å²) < 4.78 is 20.2. The van der Waals surface area contributed by atoms with Gasteiger partial charge in [-0.15, -0.1) is 0 Å². The van der Waals surface area contributed by atoms with Crippen molar-refractivity contribution in [2.24, 2.45) is 5.41 Å². The third kappa shape index (κ3) is 1.57. The van der Waals surface area contributed by atoms with Gasteiger partial charge >= 0.3 is 0 Å². The molecule has 0 bridgehead atoms. The highest BCUT2D eigenvalue weighted by Crippen LogP contribution is 2.55. The van der Waals surface area contributed by atoms with E-state index in [1.807, 2.05) is 6.20 Å². The molecule has 2 spiro atoms. The van der Waals surface area contributed by atoms with Crippen LogP contribution in [0.4, 0.5) is 0 Å². The fourth-order valence-corrected chi connectivity index (χ4v) is 4.37. The highest BCUT2D eigenvalue weighted by molar-refractivity contribution is 5.10. The summed E-state index contributed by atoms with van der Waals surface area (Å²) in [6, 6.07) is 0. The molecule has 3 heterocycles. The van der Waals surface area contributed by atoms with E-state index in [9.17, 15) is 0 Å². The molecule has 1 aliphatic carbocycles. The molecule has 1 saturated heterocycles. The fourth-order valence-electron chi connectivity index (χ4n) is 4.37. The molecule has 0 amide bonds. The summed E-state index contributed by atoms with van der Waals surface area (Å²) in [6.45, 7) is 7.31. The summed E-state index contributed by atoms with van der Waals surface area (Å²) in [5, 5.41) is 0. The van der Waals surface area contributed by atoms with Crippen molar-refractivity contribution in [1.82, 2.24) is 9.55 Å². The van der Waals surface area contributed by atoms with Crippen molar-refractivity contribution in [3.63, 3.8) is 0 Å². The van der Waals surface area contributed by atoms with Crippen LogP contribution in [0.3, 0.4) is 0 Å². The number of hydrogen-bond donors (Lipinski definition) is 0. The zero-order valence-electron chi connectivity index (χ0n) is 12.2. The lowest BCUT2D eigenvalue weighted by Crippen LogP contribution is -2.58. The van der Waals surface area contributed by atoms with E-state index >= 15 is 0 Å². The number of ether oxygens (including phenoxy) is 3. The first-order chi connectivity index (χ1) is 9.57. The van der Waals surface area contributed by atoms with E-state index in [0.717, 1.165) is 31.7 Å². The summed E-state index contributed by atoms with van der Waals surface area (Å²) in [4.78, 5) is 4.42. The predicted molar refractivity (Wildman–Crippen MR) is 72.1 cm³/mol. The Morgan fingerprint density at radius 1 is 1.20 bits per heavy atom. The molecule has 3 aliphatic rings. The van der Waals surface area contributed by atoms with Gasteiger partial charge in [-0.2, -0.15) is 0 Å². The summed E-state index contributed by atoms with van der Waals surface area (Å²) in [6.07, 6.45) is 6.90. The van der Waals surface area contributed by atoms with Crippen LogP contribution in [0, 0.1) is 5.41 Å². The topological polar surface area (TPSA) is 45.5 Å². The van der Waals surface area contributed by atoms with Gasteiger partial charge in [-0.3, -0.25) is 0 Å². The molecular weight excluding hydrogens is 256 g/mol. The summed E-state index contributed by atoms with van der Waals surface area (Å²) in [7, 11) is 0. The highest BCUT2D eigenvalue weighted by Gasteiger charge is 2.59. The van der Waals surface area contributed by atoms with Gasteiger partial charge in [0.25, 0.3) is 0 Å². The summed E-state index contributed by atoms with van der Waals surface area (Å²) in [5.74, 6) is 0.632. The van der Waals surface area contributed by atoms with Crippen molar-refractivity contribution in [2.75, 3.05) is 19.8 Å². The Bertz CT molecular complexity index is 519. The molecule has 0 aromatic carbocycles. The first-order valence-electron chi connectivity index (χ1n) is 7.45. The number of nitrogens with zero attached hydrogens (tertiary/aromatic N) is 2. The zero-order valence-corrected chi connectivity index (χ0v) is 12.2. The Morgan fingerprint density at radius 2 is 2.00 bits per heavy atom. The third-order valence-corrected chi connectivity index (χ3v) is 5.31. The molecule has 0 N–H and O–H groups in total. The van der Waals surface area contributed by atoms with Crippen LogP contribution in [0.5, 0.6) is 0 Å². The van der Waals surface area contributed by atoms with E-state index in [1.54, 1.807) is 0 Å². The first kappa shape index (κ1) is 12.8. The van der Waals surface area contributed by atoms with E-state index in [-0.39, 0.29) is 11.0 Å². The van der Waals surface area contributed by atoms with Gasteiger partial charge in [0.1, 0.15) is 12.4 Å². The quantitative estimate of drug-likeness (QED) is 0.729. The van der Waals surface area contributed by atoms with Crippen LogP contribution in [0.25, 0.3) is 0 Å². The van der Waals surface area contributed by atoms with Gasteiger partial charge < -0.3 is 18.8 Å². The molecule has 5 nitrogen and oxygen atoms in total. The molecule has 1 aromatic heterocycles. The second-order valence-electron chi connectivity index (χ2n) is 6.94. The zero-order chi connectivity index (χ0) is 13.8. The van der Waals surface area contributed by atoms with Crippen molar-refractivity contribution < 1.29 is 14.2 Å². The van der Waals surface area contributed by atoms with Crippen molar-refractivity contribution in [2.45, 2.75) is 51.0 Å². The standard InChI is InChI=1S/C15H22N2O3/c1-13(2)10-14(3-4-15(13)19-7-8-20-15)11-18-9-12-16-5-6-17(12)14/h5-6H,3-4,7-11H2,1-2H3. The molecular formula is C15H22N2O3. The van der Waals surface area contributed by atoms with E-state index in [4.69, 9.17) is 14.2 Å². The minimum absolute atomic E-state index is 0.00808. The first-order valence-corrected chi connectivity index (χ1v) is 7.45. The molecule has 1 saturated carbocycles. The number of fused-ring (bicyclic) bond motifs is 2. The van der Waals surface area contributed by atoms with Gasteiger partial charge in [0.05, 0.1) is 25.4 Å². The van der Waals surface area contributed by atoms with Gasteiger partial charge in [-0.05, 0) is 12.8 Å². The second-order valence-corrected chi connectivity index (χ2v) is 6.94. The maximum absolute atomic E-state index is 6.01. The van der Waals surface area contributed by atoms with Gasteiger partial charge in [-0.1, -0.05) is 13.8 Å². The van der Waals surface area contributed by atoms with Gasteiger partial charge in [0, 0.05) is 24.2 Å². The molecule has 20 heavy (non-hydrogen) atoms. The van der Waals surface area contributed by atoms with Crippen LogP contribution in [-0.2, 0) is 26.4 Å². The molecule has 4 rings (SSSR count). The van der Waals surface area contributed by atoms with Crippen molar-refractivity contribution >= 4 is 0 Å². The Balaban J connectivity index is 1.71. The van der Waals surface area contributed by atoms with Crippen molar-refractivity contribution in [1.29, 1.82) is 0 Å². The van der Waals surface area contributed by atoms with Crippen LogP contribution in [0.15, 0.2) is 12.4 Å². The van der Waals surface area contributed by atoms with Gasteiger partial charge in [-0.25, -0.2) is 4.98 Å². The van der Waals surface area contributed by atoms with Crippen LogP contribution in [0.1, 0.15) is 38.9 Å². The van der Waals surface area contributed by atoms with E-state index in [0.29, 0.717) is 19.8 Å². The number of aromatic nitrogens is 2. The molecule has 1 unspecified atom stereocenters. The molecule has 1 atom stereocenters. The lowest BCUT2D eigenvalue weighted by Gasteiger charge is -2.54. The van der Waals surface area contributed by atoms with Gasteiger partial charge in [0.15, 0.2) is 5.79 Å². The van der Waals surface area contributed by atoms with Crippen molar-refractivity contribution in [3.8, 4) is 0 Å². The van der Waals surface area contributed by atoms with Crippen LogP contribution >= 0.6 is 0 Å². The molecule has 110 valence electrons. The Hall–Kier alpha value is -0.910. The monoisotopic (exact) mass is 278 g/mol. The number of imidazole rings is 1. The Morgan fingerprint density at radius 3 is 2.75 bits per heavy atom.